The Morgan fingerprint density at radius 3 is 2.43 bits per heavy atom. The molecule has 0 saturated heterocycles. The van der Waals surface area contributed by atoms with Gasteiger partial charge >= 0.3 is 11.9 Å². The van der Waals surface area contributed by atoms with Crippen LogP contribution in [0.1, 0.15) is 78.4 Å². The van der Waals surface area contributed by atoms with Crippen molar-refractivity contribution in [3.63, 3.8) is 0 Å². The molecule has 0 bridgehead atoms. The van der Waals surface area contributed by atoms with Gasteiger partial charge in [-0.05, 0) is 76.8 Å². The Bertz CT molecular complexity index is 717. The number of ether oxygens (including phenoxy) is 2. The monoisotopic (exact) mass is 386 g/mol. The lowest BCUT2D eigenvalue weighted by molar-refractivity contribution is -0.148. The van der Waals surface area contributed by atoms with Crippen LogP contribution in [-0.2, 0) is 20.7 Å². The van der Waals surface area contributed by atoms with Gasteiger partial charge in [0.1, 0.15) is 11.4 Å². The Labute approximate surface area is 169 Å². The van der Waals surface area contributed by atoms with Crippen LogP contribution in [0.25, 0.3) is 6.08 Å². The first-order valence-corrected chi connectivity index (χ1v) is 9.98. The van der Waals surface area contributed by atoms with E-state index in [9.17, 15) is 9.59 Å². The SMILES string of the molecule is CCCCCC(=O)Oc1ccc(/C=C/C(=O)OC(C)(C)C)cc1CC=C(C)C. The highest BCUT2D eigenvalue weighted by Gasteiger charge is 2.14. The van der Waals surface area contributed by atoms with E-state index in [2.05, 4.69) is 13.0 Å². The van der Waals surface area contributed by atoms with Crippen LogP contribution in [0.2, 0.25) is 0 Å². The summed E-state index contributed by atoms with van der Waals surface area (Å²) in [5.74, 6) is -0.0119. The number of carbonyl (C=O) groups excluding carboxylic acids is 2. The second-order valence-electron chi connectivity index (χ2n) is 8.15. The van der Waals surface area contributed by atoms with E-state index < -0.39 is 5.60 Å². The highest BCUT2D eigenvalue weighted by molar-refractivity contribution is 5.87. The lowest BCUT2D eigenvalue weighted by Crippen LogP contribution is -2.22. The van der Waals surface area contributed by atoms with Gasteiger partial charge < -0.3 is 9.47 Å². The molecule has 0 aliphatic carbocycles. The largest absolute Gasteiger partial charge is 0.457 e. The molecule has 0 aliphatic rings. The summed E-state index contributed by atoms with van der Waals surface area (Å²) in [5.41, 5.74) is 2.44. The normalized spacial score (nSPS) is 11.4. The van der Waals surface area contributed by atoms with Gasteiger partial charge in [-0.1, -0.05) is 37.5 Å². The minimum Gasteiger partial charge on any atom is -0.457 e. The zero-order valence-corrected chi connectivity index (χ0v) is 18.1. The molecule has 0 heterocycles. The smallest absolute Gasteiger partial charge is 0.331 e. The standard InChI is InChI=1S/C24H34O4/c1-7-8-9-10-22(25)27-21-15-12-19(17-20(21)14-11-18(2)3)13-16-23(26)28-24(4,5)6/h11-13,15-17H,7-10,14H2,1-6H3/b16-13+. The summed E-state index contributed by atoms with van der Waals surface area (Å²) >= 11 is 0. The summed E-state index contributed by atoms with van der Waals surface area (Å²) in [7, 11) is 0. The van der Waals surface area contributed by atoms with Gasteiger partial charge in [0.15, 0.2) is 0 Å². The Morgan fingerprint density at radius 1 is 1.11 bits per heavy atom. The van der Waals surface area contributed by atoms with Crippen LogP contribution in [0.15, 0.2) is 35.9 Å². The van der Waals surface area contributed by atoms with Gasteiger partial charge in [-0.15, -0.1) is 0 Å². The molecule has 0 aliphatic heterocycles. The van der Waals surface area contributed by atoms with E-state index in [1.165, 1.54) is 11.6 Å². The Hall–Kier alpha value is -2.36. The summed E-state index contributed by atoms with van der Waals surface area (Å²) in [6.45, 7) is 11.7. The van der Waals surface area contributed by atoms with Crippen molar-refractivity contribution in [2.75, 3.05) is 0 Å². The van der Waals surface area contributed by atoms with Gasteiger partial charge in [-0.25, -0.2) is 4.79 Å². The van der Waals surface area contributed by atoms with E-state index in [1.807, 2.05) is 46.8 Å². The number of esters is 2. The summed E-state index contributed by atoms with van der Waals surface area (Å²) in [6.07, 6.45) is 9.24. The van der Waals surface area contributed by atoms with Gasteiger partial charge in [0.2, 0.25) is 0 Å². The lowest BCUT2D eigenvalue weighted by atomic mass is 10.0. The third-order valence-corrected chi connectivity index (χ3v) is 3.84. The average Bonchev–Trinajstić information content (AvgIpc) is 2.58. The number of hydrogen-bond donors (Lipinski definition) is 0. The van der Waals surface area contributed by atoms with Crippen molar-refractivity contribution in [3.05, 3.63) is 47.1 Å². The van der Waals surface area contributed by atoms with Crippen molar-refractivity contribution in [1.29, 1.82) is 0 Å². The van der Waals surface area contributed by atoms with Crippen molar-refractivity contribution in [3.8, 4) is 5.75 Å². The zero-order valence-electron chi connectivity index (χ0n) is 18.1. The molecule has 0 radical (unpaired) electrons. The quantitative estimate of drug-likeness (QED) is 0.171. The van der Waals surface area contributed by atoms with E-state index in [0.717, 1.165) is 30.4 Å². The molecule has 0 atom stereocenters. The Kier molecular flexibility index (Phi) is 9.70. The minimum absolute atomic E-state index is 0.205. The fourth-order valence-electron chi connectivity index (χ4n) is 2.47. The van der Waals surface area contributed by atoms with Crippen LogP contribution in [0.4, 0.5) is 0 Å². The van der Waals surface area contributed by atoms with Gasteiger partial charge in [-0.3, -0.25) is 4.79 Å². The summed E-state index contributed by atoms with van der Waals surface area (Å²) in [4.78, 5) is 24.0. The third kappa shape index (κ3) is 10.1. The van der Waals surface area contributed by atoms with Crippen molar-refractivity contribution in [2.24, 2.45) is 0 Å². The van der Waals surface area contributed by atoms with Crippen LogP contribution in [0.3, 0.4) is 0 Å². The molecular weight excluding hydrogens is 352 g/mol. The van der Waals surface area contributed by atoms with Crippen molar-refractivity contribution < 1.29 is 19.1 Å². The molecule has 0 N–H and O–H groups in total. The molecule has 4 nitrogen and oxygen atoms in total. The van der Waals surface area contributed by atoms with Crippen molar-refractivity contribution in [2.45, 2.75) is 79.2 Å². The van der Waals surface area contributed by atoms with E-state index in [-0.39, 0.29) is 11.9 Å². The van der Waals surface area contributed by atoms with E-state index in [4.69, 9.17) is 9.47 Å². The summed E-state index contributed by atoms with van der Waals surface area (Å²) < 4.78 is 10.9. The topological polar surface area (TPSA) is 52.6 Å². The van der Waals surface area contributed by atoms with Gasteiger partial charge in [0.05, 0.1) is 0 Å². The number of hydrogen-bond acceptors (Lipinski definition) is 4. The zero-order chi connectivity index (χ0) is 21.2. The molecular formula is C24H34O4. The van der Waals surface area contributed by atoms with Crippen LogP contribution in [-0.4, -0.2) is 17.5 Å². The fourth-order valence-corrected chi connectivity index (χ4v) is 2.47. The highest BCUT2D eigenvalue weighted by atomic mass is 16.6. The predicted octanol–water partition coefficient (Wildman–Crippen LogP) is 6.04. The molecule has 0 aromatic heterocycles. The lowest BCUT2D eigenvalue weighted by Gasteiger charge is -2.17. The predicted molar refractivity (Wildman–Crippen MR) is 114 cm³/mol. The Balaban J connectivity index is 2.95. The first kappa shape index (κ1) is 23.7. The summed E-state index contributed by atoms with van der Waals surface area (Å²) in [5, 5.41) is 0. The van der Waals surface area contributed by atoms with E-state index >= 15 is 0 Å². The van der Waals surface area contributed by atoms with Crippen molar-refractivity contribution in [1.82, 2.24) is 0 Å². The minimum atomic E-state index is -0.522. The average molecular weight is 387 g/mol. The molecule has 4 heteroatoms. The fraction of sp³-hybridized carbons (Fsp3) is 0.500. The highest BCUT2D eigenvalue weighted by Crippen LogP contribution is 2.23. The maximum Gasteiger partial charge on any atom is 0.331 e. The number of allylic oxidation sites excluding steroid dienone is 2. The second-order valence-corrected chi connectivity index (χ2v) is 8.15. The van der Waals surface area contributed by atoms with Crippen LogP contribution >= 0.6 is 0 Å². The number of unbranched alkanes of at least 4 members (excludes halogenated alkanes) is 2. The number of carbonyl (C=O) groups is 2. The molecule has 0 saturated carbocycles. The summed E-state index contributed by atoms with van der Waals surface area (Å²) in [6, 6.07) is 5.57. The van der Waals surface area contributed by atoms with Crippen LogP contribution < -0.4 is 4.74 Å². The Morgan fingerprint density at radius 2 is 1.82 bits per heavy atom. The van der Waals surface area contributed by atoms with Gasteiger partial charge in [-0.2, -0.15) is 0 Å². The molecule has 154 valence electrons. The maximum absolute atomic E-state index is 12.1. The third-order valence-electron chi connectivity index (χ3n) is 3.84. The molecule has 28 heavy (non-hydrogen) atoms. The molecule has 1 rings (SSSR count). The van der Waals surface area contributed by atoms with E-state index in [1.54, 1.807) is 12.1 Å². The molecule has 1 aromatic rings. The molecule has 0 fully saturated rings. The molecule has 0 unspecified atom stereocenters. The molecule has 1 aromatic carbocycles. The first-order chi connectivity index (χ1) is 13.1. The van der Waals surface area contributed by atoms with E-state index in [0.29, 0.717) is 18.6 Å². The van der Waals surface area contributed by atoms with Gasteiger partial charge in [0, 0.05) is 12.5 Å². The molecule has 0 spiro atoms. The second kappa shape index (κ2) is 11.5. The first-order valence-electron chi connectivity index (χ1n) is 9.98. The number of benzene rings is 1. The van der Waals surface area contributed by atoms with Crippen molar-refractivity contribution >= 4 is 18.0 Å². The van der Waals surface area contributed by atoms with Gasteiger partial charge in [0.25, 0.3) is 0 Å². The number of rotatable bonds is 9. The van der Waals surface area contributed by atoms with Crippen LogP contribution in [0, 0.1) is 0 Å². The van der Waals surface area contributed by atoms with Crippen LogP contribution in [0.5, 0.6) is 5.75 Å². The molecule has 0 amide bonds. The maximum atomic E-state index is 12.1.